The lowest BCUT2D eigenvalue weighted by molar-refractivity contribution is -0.136. The third kappa shape index (κ3) is 8.41. The molecule has 1 aliphatic carbocycles. The van der Waals surface area contributed by atoms with Crippen LogP contribution in [0.4, 0.5) is 23.1 Å². The van der Waals surface area contributed by atoms with E-state index in [4.69, 9.17) is 9.72 Å². The number of hydrogen-bond donors (Lipinski definition) is 3. The number of rotatable bonds is 14. The van der Waals surface area contributed by atoms with Crippen LogP contribution < -0.4 is 26.4 Å². The molecule has 336 valence electrons. The number of aryl methyl sites for hydroxylation is 1. The summed E-state index contributed by atoms with van der Waals surface area (Å²) in [5.41, 5.74) is 2.88. The number of fused-ring (bicyclic) bond motifs is 2. The second-order valence-electron chi connectivity index (χ2n) is 16.5. The highest BCUT2D eigenvalue weighted by atomic mass is 16.5. The molecule has 3 fully saturated rings. The molecule has 0 radical (unpaired) electrons. The number of anilines is 4. The predicted molar refractivity (Wildman–Crippen MR) is 234 cm³/mol. The van der Waals surface area contributed by atoms with Crippen molar-refractivity contribution in [2.75, 3.05) is 61.5 Å². The van der Waals surface area contributed by atoms with Gasteiger partial charge in [0.25, 0.3) is 23.3 Å². The highest BCUT2D eigenvalue weighted by Crippen LogP contribution is 2.34. The van der Waals surface area contributed by atoms with Crippen molar-refractivity contribution in [2.45, 2.75) is 71.0 Å². The SMILES string of the molecule is CC(=O)c1c(C)c2cnc(Nc3ccc(N4CCN(C(=O)c5cn(CCOCCNc6cccc7c6C(=O)N(C6CCC(=O)NC6=O)C7=O)nn5)CC4)cn3)nc2n(C2CCCC2)c1=O. The van der Waals surface area contributed by atoms with Gasteiger partial charge in [0.15, 0.2) is 11.5 Å². The van der Waals surface area contributed by atoms with Gasteiger partial charge in [0.05, 0.1) is 54.5 Å². The number of hydrogen-bond acceptors (Lipinski definition) is 16. The Labute approximate surface area is 371 Å². The fourth-order valence-electron chi connectivity index (χ4n) is 9.09. The van der Waals surface area contributed by atoms with Crippen molar-refractivity contribution in [2.24, 2.45) is 0 Å². The van der Waals surface area contributed by atoms with Crippen LogP contribution in [-0.2, 0) is 20.9 Å². The van der Waals surface area contributed by atoms with Crippen LogP contribution in [-0.4, -0.2) is 132 Å². The Balaban J connectivity index is 0.731. The predicted octanol–water partition coefficient (Wildman–Crippen LogP) is 2.64. The number of carbonyl (C=O) groups is 6. The minimum absolute atomic E-state index is 0.0258. The number of ether oxygens (including phenoxy) is 1. The van der Waals surface area contributed by atoms with Crippen molar-refractivity contribution in [3.63, 3.8) is 0 Å². The molecule has 5 aromatic rings. The van der Waals surface area contributed by atoms with E-state index in [2.05, 4.69) is 41.1 Å². The zero-order valence-electron chi connectivity index (χ0n) is 35.9. The van der Waals surface area contributed by atoms with E-state index in [1.165, 1.54) is 13.0 Å². The van der Waals surface area contributed by atoms with Gasteiger partial charge in [-0.2, -0.15) is 4.98 Å². The molecule has 1 unspecified atom stereocenters. The number of amides is 5. The highest BCUT2D eigenvalue weighted by molar-refractivity contribution is 6.25. The Bertz CT molecular complexity index is 2790. The van der Waals surface area contributed by atoms with Crippen molar-refractivity contribution in [1.29, 1.82) is 0 Å². The molecule has 9 rings (SSSR count). The molecule has 3 aliphatic heterocycles. The lowest BCUT2D eigenvalue weighted by Crippen LogP contribution is -2.54. The van der Waals surface area contributed by atoms with Crippen LogP contribution in [0, 0.1) is 6.92 Å². The van der Waals surface area contributed by atoms with Crippen molar-refractivity contribution < 1.29 is 33.5 Å². The molecule has 1 aromatic carbocycles. The Morgan fingerprint density at radius 1 is 0.923 bits per heavy atom. The first kappa shape index (κ1) is 42.9. The summed E-state index contributed by atoms with van der Waals surface area (Å²) in [6.07, 6.45) is 8.84. The number of Topliss-reactive ketones (excluding diaryl/α,β-unsaturated/α-hetero) is 1. The summed E-state index contributed by atoms with van der Waals surface area (Å²) in [6.45, 7) is 6.48. The summed E-state index contributed by atoms with van der Waals surface area (Å²) >= 11 is 0. The number of benzene rings is 1. The number of ketones is 1. The molecule has 1 saturated carbocycles. The molecule has 4 aromatic heterocycles. The van der Waals surface area contributed by atoms with E-state index in [0.717, 1.165) is 36.3 Å². The summed E-state index contributed by atoms with van der Waals surface area (Å²) in [5.74, 6) is -1.95. The molecule has 21 heteroatoms. The van der Waals surface area contributed by atoms with E-state index in [9.17, 15) is 33.6 Å². The van der Waals surface area contributed by atoms with Gasteiger partial charge in [0, 0.05) is 62.5 Å². The molecule has 0 spiro atoms. The van der Waals surface area contributed by atoms with Crippen molar-refractivity contribution in [3.8, 4) is 0 Å². The van der Waals surface area contributed by atoms with Gasteiger partial charge in [-0.15, -0.1) is 5.10 Å². The number of nitrogens with one attached hydrogen (secondary N) is 3. The van der Waals surface area contributed by atoms with Gasteiger partial charge in [-0.1, -0.05) is 24.1 Å². The first-order chi connectivity index (χ1) is 31.5. The number of imide groups is 2. The Kier molecular flexibility index (Phi) is 11.9. The number of carbonyl (C=O) groups excluding carboxylic acids is 6. The summed E-state index contributed by atoms with van der Waals surface area (Å²) in [7, 11) is 0. The summed E-state index contributed by atoms with van der Waals surface area (Å²) in [4.78, 5) is 109. The van der Waals surface area contributed by atoms with Crippen LogP contribution in [0.3, 0.4) is 0 Å². The number of piperidine rings is 1. The number of aromatic nitrogens is 7. The van der Waals surface area contributed by atoms with E-state index >= 15 is 0 Å². The first-order valence-corrected chi connectivity index (χ1v) is 21.7. The zero-order valence-corrected chi connectivity index (χ0v) is 35.9. The molecule has 3 N–H and O–H groups in total. The molecule has 1 atom stereocenters. The lowest BCUT2D eigenvalue weighted by atomic mass is 10.0. The van der Waals surface area contributed by atoms with Gasteiger partial charge in [-0.25, -0.2) is 14.6 Å². The molecular formula is C44H47N13O8. The summed E-state index contributed by atoms with van der Waals surface area (Å²) in [5, 5.41) is 17.4. The van der Waals surface area contributed by atoms with Crippen LogP contribution in [0.5, 0.6) is 0 Å². The molecule has 5 amide bonds. The van der Waals surface area contributed by atoms with Gasteiger partial charge in [0.2, 0.25) is 17.8 Å². The monoisotopic (exact) mass is 885 g/mol. The van der Waals surface area contributed by atoms with Crippen molar-refractivity contribution in [1.82, 2.24) is 49.6 Å². The molecule has 65 heavy (non-hydrogen) atoms. The normalized spacial score (nSPS) is 17.8. The average molecular weight is 886 g/mol. The van der Waals surface area contributed by atoms with Crippen LogP contribution >= 0.6 is 0 Å². The van der Waals surface area contributed by atoms with E-state index in [1.807, 2.05) is 12.1 Å². The largest absolute Gasteiger partial charge is 0.382 e. The Hall–Kier alpha value is -7.42. The quantitative estimate of drug-likeness (QED) is 0.0824. The summed E-state index contributed by atoms with van der Waals surface area (Å²) < 4.78 is 8.98. The Morgan fingerprint density at radius 3 is 2.46 bits per heavy atom. The number of piperazine rings is 1. The standard InChI is InChI=1S/C44H47N13O8/c1-25-30-23-47-44(50-38(30)56(27-6-3-4-7-27)42(63)36(25)26(2)58)48-34-12-10-28(22-46-34)53-15-17-54(18-16-53)41(62)32-24-55(52-51-32)19-21-65-20-14-45-31-9-5-8-29-37(31)43(64)57(40(29)61)33-11-13-35(59)49-39(33)60/h5,8-10,12,22-24,27,33,45H,3-4,6-7,11,13-21H2,1-2H3,(H,49,59,60)(H,46,47,48,50). The van der Waals surface area contributed by atoms with Crippen LogP contribution in [0.15, 0.2) is 53.7 Å². The lowest BCUT2D eigenvalue weighted by Gasteiger charge is -2.35. The first-order valence-electron chi connectivity index (χ1n) is 21.7. The Morgan fingerprint density at radius 2 is 1.72 bits per heavy atom. The zero-order chi connectivity index (χ0) is 45.4. The fraction of sp³-hybridized carbons (Fsp3) is 0.409. The fourth-order valence-corrected chi connectivity index (χ4v) is 9.09. The molecule has 7 heterocycles. The average Bonchev–Trinajstić information content (AvgIpc) is 4.06. The smallest absolute Gasteiger partial charge is 0.276 e. The van der Waals surface area contributed by atoms with E-state index in [1.54, 1.807) is 51.8 Å². The number of nitrogens with zero attached hydrogens (tertiary/aromatic N) is 10. The van der Waals surface area contributed by atoms with Crippen LogP contribution in [0.25, 0.3) is 11.0 Å². The minimum Gasteiger partial charge on any atom is -0.382 e. The van der Waals surface area contributed by atoms with Crippen LogP contribution in [0.2, 0.25) is 0 Å². The highest BCUT2D eigenvalue weighted by Gasteiger charge is 2.45. The maximum atomic E-state index is 13.6. The maximum absolute atomic E-state index is 13.6. The van der Waals surface area contributed by atoms with Gasteiger partial charge >= 0.3 is 0 Å². The second kappa shape index (κ2) is 18.0. The van der Waals surface area contributed by atoms with E-state index < -0.39 is 29.7 Å². The van der Waals surface area contributed by atoms with Crippen LogP contribution in [0.1, 0.15) is 98.6 Å². The second-order valence-corrected chi connectivity index (χ2v) is 16.5. The third-order valence-electron chi connectivity index (χ3n) is 12.4. The van der Waals surface area contributed by atoms with Gasteiger partial charge in [0.1, 0.15) is 17.5 Å². The maximum Gasteiger partial charge on any atom is 0.276 e. The van der Waals surface area contributed by atoms with E-state index in [0.29, 0.717) is 73.3 Å². The van der Waals surface area contributed by atoms with Gasteiger partial charge < -0.3 is 25.2 Å². The minimum atomic E-state index is -1.05. The van der Waals surface area contributed by atoms with Crippen molar-refractivity contribution >= 4 is 69.5 Å². The molecule has 0 bridgehead atoms. The molecule has 2 saturated heterocycles. The van der Waals surface area contributed by atoms with Crippen molar-refractivity contribution in [3.05, 3.63) is 87.2 Å². The van der Waals surface area contributed by atoms with Gasteiger partial charge in [-0.05, 0) is 62.9 Å². The summed E-state index contributed by atoms with van der Waals surface area (Å²) in [6, 6.07) is 7.55. The molecule has 4 aliphatic rings. The topological polar surface area (TPSA) is 249 Å². The van der Waals surface area contributed by atoms with Gasteiger partial charge in [-0.3, -0.25) is 48.3 Å². The molecule has 21 nitrogen and oxygen atoms in total. The third-order valence-corrected chi connectivity index (χ3v) is 12.4. The van der Waals surface area contributed by atoms with E-state index in [-0.39, 0.29) is 71.7 Å². The number of pyridine rings is 2. The molecular weight excluding hydrogens is 839 g/mol.